The summed E-state index contributed by atoms with van der Waals surface area (Å²) in [5, 5.41) is 6.05. The van der Waals surface area contributed by atoms with Crippen LogP contribution in [0.1, 0.15) is 21.5 Å². The number of aryl methyl sites for hydroxylation is 2. The zero-order chi connectivity index (χ0) is 27.5. The summed E-state index contributed by atoms with van der Waals surface area (Å²) in [6.45, 7) is 3.94. The van der Waals surface area contributed by atoms with Crippen molar-refractivity contribution >= 4 is 62.5 Å². The number of anilines is 3. The fourth-order valence-electron chi connectivity index (χ4n) is 3.95. The molecule has 0 unspecified atom stereocenters. The second-order valence-electron chi connectivity index (χ2n) is 9.06. The van der Waals surface area contributed by atoms with Crippen molar-refractivity contribution in [3.05, 3.63) is 129 Å². The van der Waals surface area contributed by atoms with Crippen LogP contribution in [-0.2, 0) is 9.59 Å². The van der Waals surface area contributed by atoms with Crippen LogP contribution in [0.25, 0.3) is 0 Å². The van der Waals surface area contributed by atoms with E-state index in [2.05, 4.69) is 26.6 Å². The zero-order valence-corrected chi connectivity index (χ0v) is 23.6. The Kier molecular flexibility index (Phi) is 7.67. The lowest BCUT2D eigenvalue weighted by molar-refractivity contribution is -0.120. The molecule has 6 nitrogen and oxygen atoms in total. The van der Waals surface area contributed by atoms with Crippen molar-refractivity contribution in [1.82, 2.24) is 0 Å². The highest BCUT2D eigenvalue weighted by atomic mass is 79.9. The minimum atomic E-state index is -0.412. The molecule has 194 valence electrons. The van der Waals surface area contributed by atoms with Gasteiger partial charge < -0.3 is 10.6 Å². The number of rotatable bonds is 7. The second-order valence-corrected chi connectivity index (χ2v) is 11.1. The molecule has 4 aromatic carbocycles. The molecule has 0 radical (unpaired) electrons. The average molecular weight is 599 g/mol. The number of thioether (sulfide) groups is 1. The average Bonchev–Trinajstić information content (AvgIpc) is 3.15. The first-order valence-electron chi connectivity index (χ1n) is 12.2. The first-order valence-corrected chi connectivity index (χ1v) is 13.8. The number of benzene rings is 4. The largest absolute Gasteiger partial charge is 0.350 e. The lowest BCUT2D eigenvalue weighted by Gasteiger charge is -2.15. The highest BCUT2D eigenvalue weighted by Crippen LogP contribution is 2.38. The lowest BCUT2D eigenvalue weighted by atomic mass is 10.2. The fraction of sp³-hybridized carbons (Fsp3) is 0.0645. The Bertz CT molecular complexity index is 1580. The quantitative estimate of drug-likeness (QED) is 0.218. The van der Waals surface area contributed by atoms with E-state index < -0.39 is 11.8 Å². The molecule has 1 heterocycles. The molecule has 4 aromatic rings. The van der Waals surface area contributed by atoms with E-state index in [1.54, 1.807) is 36.4 Å². The van der Waals surface area contributed by atoms with Crippen LogP contribution in [0, 0.1) is 13.8 Å². The van der Waals surface area contributed by atoms with Crippen molar-refractivity contribution in [3.8, 4) is 0 Å². The summed E-state index contributed by atoms with van der Waals surface area (Å²) < 4.78 is 0.895. The smallest absolute Gasteiger partial charge is 0.283 e. The van der Waals surface area contributed by atoms with Crippen LogP contribution < -0.4 is 15.5 Å². The normalized spacial score (nSPS) is 13.2. The van der Waals surface area contributed by atoms with Gasteiger partial charge in [-0.2, -0.15) is 0 Å². The number of nitrogens with zero attached hydrogens (tertiary/aromatic N) is 1. The summed E-state index contributed by atoms with van der Waals surface area (Å²) in [5.41, 5.74) is 4.74. The number of hydrogen-bond donors (Lipinski definition) is 2. The van der Waals surface area contributed by atoms with Gasteiger partial charge in [0.1, 0.15) is 10.6 Å². The van der Waals surface area contributed by atoms with Crippen molar-refractivity contribution in [2.75, 3.05) is 15.5 Å². The van der Waals surface area contributed by atoms with E-state index in [9.17, 15) is 14.4 Å². The van der Waals surface area contributed by atoms with Gasteiger partial charge in [0.05, 0.1) is 5.69 Å². The third kappa shape index (κ3) is 5.97. The van der Waals surface area contributed by atoms with E-state index in [1.165, 1.54) is 16.7 Å². The summed E-state index contributed by atoms with van der Waals surface area (Å²) in [6, 6.07) is 29.2. The Morgan fingerprint density at radius 2 is 1.28 bits per heavy atom. The predicted molar refractivity (Wildman–Crippen MR) is 160 cm³/mol. The number of amides is 3. The standard InChI is InChI=1S/C31H24BrN3O3S/c1-19-3-11-23(12-4-19)33-27-28(31(38)35(30(27)37)25-15-5-20(2)6-16-25)39-26-17-13-24(14-18-26)34-29(36)21-7-9-22(32)10-8-21/h3-18,33H,1-2H3,(H,34,36). The molecule has 0 spiro atoms. The predicted octanol–water partition coefficient (Wildman–Crippen LogP) is 7.31. The summed E-state index contributed by atoms with van der Waals surface area (Å²) in [6.07, 6.45) is 0. The zero-order valence-electron chi connectivity index (χ0n) is 21.2. The number of carbonyl (C=O) groups excluding carboxylic acids is 3. The van der Waals surface area contributed by atoms with Gasteiger partial charge in [-0.1, -0.05) is 63.1 Å². The molecule has 1 aliphatic rings. The van der Waals surface area contributed by atoms with Crippen LogP contribution in [-0.4, -0.2) is 17.7 Å². The molecule has 0 bridgehead atoms. The fourth-order valence-corrected chi connectivity index (χ4v) is 5.14. The first-order chi connectivity index (χ1) is 18.8. The van der Waals surface area contributed by atoms with E-state index in [0.29, 0.717) is 27.5 Å². The topological polar surface area (TPSA) is 78.5 Å². The number of carbonyl (C=O) groups is 3. The van der Waals surface area contributed by atoms with Crippen LogP contribution in [0.4, 0.5) is 17.1 Å². The van der Waals surface area contributed by atoms with Crippen molar-refractivity contribution in [2.24, 2.45) is 0 Å². The first kappa shape index (κ1) is 26.5. The molecule has 0 saturated heterocycles. The molecule has 0 saturated carbocycles. The van der Waals surface area contributed by atoms with Crippen LogP contribution >= 0.6 is 27.7 Å². The van der Waals surface area contributed by atoms with Crippen LogP contribution in [0.5, 0.6) is 0 Å². The Morgan fingerprint density at radius 3 is 1.90 bits per heavy atom. The Balaban J connectivity index is 1.40. The van der Waals surface area contributed by atoms with Gasteiger partial charge in [-0.3, -0.25) is 14.4 Å². The molecule has 1 aliphatic heterocycles. The maximum atomic E-state index is 13.6. The molecule has 0 fully saturated rings. The number of imide groups is 1. The maximum Gasteiger partial charge on any atom is 0.283 e. The van der Waals surface area contributed by atoms with E-state index in [-0.39, 0.29) is 11.6 Å². The van der Waals surface area contributed by atoms with Crippen LogP contribution in [0.3, 0.4) is 0 Å². The monoisotopic (exact) mass is 597 g/mol. The number of halogens is 1. The summed E-state index contributed by atoms with van der Waals surface area (Å²) in [7, 11) is 0. The molecule has 2 N–H and O–H groups in total. The highest BCUT2D eigenvalue weighted by Gasteiger charge is 2.40. The molecule has 0 aliphatic carbocycles. The number of hydrogen-bond acceptors (Lipinski definition) is 5. The molecular formula is C31H24BrN3O3S. The van der Waals surface area contributed by atoms with Crippen molar-refractivity contribution < 1.29 is 14.4 Å². The highest BCUT2D eigenvalue weighted by molar-refractivity contribution is 9.10. The SMILES string of the molecule is Cc1ccc(NC2=C(Sc3ccc(NC(=O)c4ccc(Br)cc4)cc3)C(=O)N(c3ccc(C)cc3)C2=O)cc1. The van der Waals surface area contributed by atoms with Gasteiger partial charge in [0.15, 0.2) is 0 Å². The van der Waals surface area contributed by atoms with Gasteiger partial charge in [0, 0.05) is 26.3 Å². The van der Waals surface area contributed by atoms with Crippen LogP contribution in [0.15, 0.2) is 117 Å². The molecule has 8 heteroatoms. The Labute approximate surface area is 239 Å². The third-order valence-electron chi connectivity index (χ3n) is 6.09. The van der Waals surface area contributed by atoms with E-state index in [4.69, 9.17) is 0 Å². The molecule has 3 amide bonds. The Morgan fingerprint density at radius 1 is 0.718 bits per heavy atom. The van der Waals surface area contributed by atoms with E-state index in [0.717, 1.165) is 20.5 Å². The molecule has 0 atom stereocenters. The van der Waals surface area contributed by atoms with Gasteiger partial charge in [-0.25, -0.2) is 4.90 Å². The summed E-state index contributed by atoms with van der Waals surface area (Å²) in [4.78, 5) is 41.9. The molecular weight excluding hydrogens is 574 g/mol. The van der Waals surface area contributed by atoms with Crippen molar-refractivity contribution in [2.45, 2.75) is 18.7 Å². The van der Waals surface area contributed by atoms with E-state index in [1.807, 2.05) is 74.5 Å². The third-order valence-corrected chi connectivity index (χ3v) is 7.71. The lowest BCUT2D eigenvalue weighted by Crippen LogP contribution is -2.32. The van der Waals surface area contributed by atoms with Gasteiger partial charge in [0.25, 0.3) is 17.7 Å². The maximum absolute atomic E-state index is 13.6. The summed E-state index contributed by atoms with van der Waals surface area (Å²) in [5.74, 6) is -1.03. The minimum absolute atomic E-state index is 0.222. The van der Waals surface area contributed by atoms with Gasteiger partial charge in [-0.05, 0) is 86.6 Å². The molecule has 0 aromatic heterocycles. The second kappa shape index (κ2) is 11.3. The molecule has 5 rings (SSSR count). The van der Waals surface area contributed by atoms with E-state index >= 15 is 0 Å². The Hall–Kier alpha value is -4.14. The minimum Gasteiger partial charge on any atom is -0.350 e. The molecule has 39 heavy (non-hydrogen) atoms. The van der Waals surface area contributed by atoms with Crippen molar-refractivity contribution in [1.29, 1.82) is 0 Å². The van der Waals surface area contributed by atoms with Crippen molar-refractivity contribution in [3.63, 3.8) is 0 Å². The number of nitrogens with one attached hydrogen (secondary N) is 2. The van der Waals surface area contributed by atoms with Crippen LogP contribution in [0.2, 0.25) is 0 Å². The van der Waals surface area contributed by atoms with Gasteiger partial charge in [0.2, 0.25) is 0 Å². The summed E-state index contributed by atoms with van der Waals surface area (Å²) >= 11 is 4.58. The van der Waals surface area contributed by atoms with Gasteiger partial charge >= 0.3 is 0 Å². The van der Waals surface area contributed by atoms with Gasteiger partial charge in [-0.15, -0.1) is 0 Å².